The van der Waals surface area contributed by atoms with Crippen LogP contribution in [0, 0.1) is 13.8 Å². The van der Waals surface area contributed by atoms with E-state index in [0.29, 0.717) is 12.5 Å². The minimum atomic E-state index is -0.676. The molecule has 3 heteroatoms. The van der Waals surface area contributed by atoms with Gasteiger partial charge in [-0.25, -0.2) is 0 Å². The lowest BCUT2D eigenvalue weighted by Crippen LogP contribution is -2.46. The summed E-state index contributed by atoms with van der Waals surface area (Å²) in [7, 11) is 0. The predicted molar refractivity (Wildman–Crippen MR) is 104 cm³/mol. The molecule has 0 aromatic heterocycles. The van der Waals surface area contributed by atoms with Crippen molar-refractivity contribution < 1.29 is 9.84 Å². The zero-order valence-electron chi connectivity index (χ0n) is 15.8. The van der Waals surface area contributed by atoms with Gasteiger partial charge in [0.25, 0.3) is 0 Å². The Bertz CT molecular complexity index is 778. The normalized spacial score (nSPS) is 28.1. The van der Waals surface area contributed by atoms with Crippen LogP contribution in [0.25, 0.3) is 0 Å². The zero-order chi connectivity index (χ0) is 18.1. The number of ether oxygens (including phenoxy) is 1. The third-order valence-electron chi connectivity index (χ3n) is 6.14. The fourth-order valence-electron chi connectivity index (χ4n) is 4.67. The highest BCUT2D eigenvalue weighted by Gasteiger charge is 2.43. The molecule has 0 bridgehead atoms. The van der Waals surface area contributed by atoms with Crippen molar-refractivity contribution in [1.82, 2.24) is 5.32 Å². The molecule has 2 aliphatic rings. The number of hydrogen-bond donors (Lipinski definition) is 2. The second kappa shape index (κ2) is 7.15. The van der Waals surface area contributed by atoms with Crippen molar-refractivity contribution in [1.29, 1.82) is 0 Å². The molecule has 1 fully saturated rings. The molecule has 1 aliphatic heterocycles. The van der Waals surface area contributed by atoms with Crippen LogP contribution in [0.3, 0.4) is 0 Å². The van der Waals surface area contributed by atoms with Crippen molar-refractivity contribution in [2.24, 2.45) is 0 Å². The fourth-order valence-corrected chi connectivity index (χ4v) is 4.67. The van der Waals surface area contributed by atoms with Gasteiger partial charge in [-0.1, -0.05) is 48.0 Å². The van der Waals surface area contributed by atoms with Gasteiger partial charge < -0.3 is 15.2 Å². The second-order valence-electron chi connectivity index (χ2n) is 8.01. The van der Waals surface area contributed by atoms with Gasteiger partial charge in [-0.15, -0.1) is 0 Å². The molecule has 3 nitrogen and oxygen atoms in total. The highest BCUT2D eigenvalue weighted by molar-refractivity contribution is 5.35. The summed E-state index contributed by atoms with van der Waals surface area (Å²) in [4.78, 5) is 0. The predicted octanol–water partition coefficient (Wildman–Crippen LogP) is 4.12. The van der Waals surface area contributed by atoms with Crippen LogP contribution in [0.4, 0.5) is 0 Å². The number of benzene rings is 2. The molecular formula is C23H29NO2. The van der Waals surface area contributed by atoms with Gasteiger partial charge in [0.05, 0.1) is 5.60 Å². The molecule has 138 valence electrons. The van der Waals surface area contributed by atoms with E-state index in [2.05, 4.69) is 61.6 Å². The van der Waals surface area contributed by atoms with Gasteiger partial charge in [-0.05, 0) is 61.8 Å². The minimum Gasteiger partial charge on any atom is -0.368 e. The highest BCUT2D eigenvalue weighted by Crippen LogP contribution is 2.45. The molecule has 4 rings (SSSR count). The molecule has 0 saturated heterocycles. The van der Waals surface area contributed by atoms with Gasteiger partial charge in [-0.3, -0.25) is 0 Å². The molecule has 2 aromatic rings. The maximum Gasteiger partial charge on any atom is 0.159 e. The zero-order valence-corrected chi connectivity index (χ0v) is 15.8. The summed E-state index contributed by atoms with van der Waals surface area (Å²) < 4.78 is 6.11. The number of fused-ring (bicyclic) bond motifs is 2. The van der Waals surface area contributed by atoms with Gasteiger partial charge in [-0.2, -0.15) is 0 Å². The molecule has 1 heterocycles. The summed E-state index contributed by atoms with van der Waals surface area (Å²) in [5.41, 5.74) is 6.29. The Hall–Kier alpha value is -1.68. The maximum absolute atomic E-state index is 10.2. The van der Waals surface area contributed by atoms with Crippen molar-refractivity contribution in [3.8, 4) is 0 Å². The molecule has 1 aliphatic carbocycles. The van der Waals surface area contributed by atoms with Gasteiger partial charge in [0, 0.05) is 19.0 Å². The van der Waals surface area contributed by atoms with Crippen LogP contribution in [0.15, 0.2) is 42.5 Å². The summed E-state index contributed by atoms with van der Waals surface area (Å²) in [5.74, 6) is 0. The Morgan fingerprint density at radius 2 is 1.88 bits per heavy atom. The summed E-state index contributed by atoms with van der Waals surface area (Å²) in [6, 6.07) is 15.6. The molecule has 0 amide bonds. The number of nitrogens with one attached hydrogen (secondary N) is 1. The third kappa shape index (κ3) is 3.44. The summed E-state index contributed by atoms with van der Waals surface area (Å²) in [6.45, 7) is 5.25. The molecular weight excluding hydrogens is 322 g/mol. The van der Waals surface area contributed by atoms with Crippen LogP contribution >= 0.6 is 0 Å². The van der Waals surface area contributed by atoms with Crippen molar-refractivity contribution in [2.45, 2.75) is 70.4 Å². The topological polar surface area (TPSA) is 41.5 Å². The number of rotatable bonds is 3. The first-order valence-corrected chi connectivity index (χ1v) is 9.79. The Balaban J connectivity index is 1.41. The summed E-state index contributed by atoms with van der Waals surface area (Å²) in [6.07, 6.45) is 4.01. The van der Waals surface area contributed by atoms with Crippen LogP contribution in [0.2, 0.25) is 0 Å². The molecule has 26 heavy (non-hydrogen) atoms. The Kier molecular flexibility index (Phi) is 4.87. The van der Waals surface area contributed by atoms with Gasteiger partial charge in [0.2, 0.25) is 0 Å². The number of aryl methyl sites for hydroxylation is 2. The average molecular weight is 351 g/mol. The third-order valence-corrected chi connectivity index (χ3v) is 6.14. The van der Waals surface area contributed by atoms with Crippen molar-refractivity contribution in [3.05, 3.63) is 70.3 Å². The molecule has 2 N–H and O–H groups in total. The molecule has 0 radical (unpaired) electrons. The second-order valence-corrected chi connectivity index (χ2v) is 8.01. The first-order chi connectivity index (χ1) is 12.6. The lowest BCUT2D eigenvalue weighted by molar-refractivity contribution is -0.212. The average Bonchev–Trinajstić information content (AvgIpc) is 2.62. The molecule has 0 unspecified atom stereocenters. The number of aliphatic hydroxyl groups excluding tert-OH is 1. The first-order valence-electron chi connectivity index (χ1n) is 9.79. The monoisotopic (exact) mass is 351 g/mol. The summed E-state index contributed by atoms with van der Waals surface area (Å²) >= 11 is 0. The van der Waals surface area contributed by atoms with Crippen LogP contribution < -0.4 is 5.32 Å². The van der Waals surface area contributed by atoms with E-state index in [9.17, 15) is 5.11 Å². The van der Waals surface area contributed by atoms with Gasteiger partial charge in [0.15, 0.2) is 6.29 Å². The number of aliphatic hydroxyl groups is 1. The van der Waals surface area contributed by atoms with Gasteiger partial charge >= 0.3 is 0 Å². The largest absolute Gasteiger partial charge is 0.368 e. The van der Waals surface area contributed by atoms with Crippen molar-refractivity contribution >= 4 is 0 Å². The molecule has 2 aromatic carbocycles. The lowest BCUT2D eigenvalue weighted by atomic mass is 9.74. The Morgan fingerprint density at radius 3 is 2.65 bits per heavy atom. The first kappa shape index (κ1) is 17.7. The fraction of sp³-hybridized carbons (Fsp3) is 0.478. The van der Waals surface area contributed by atoms with E-state index in [1.54, 1.807) is 0 Å². The summed E-state index contributed by atoms with van der Waals surface area (Å²) in [5, 5.41) is 13.9. The van der Waals surface area contributed by atoms with Crippen LogP contribution in [-0.2, 0) is 23.3 Å². The lowest BCUT2D eigenvalue weighted by Gasteiger charge is -2.45. The van der Waals surface area contributed by atoms with Crippen LogP contribution in [0.1, 0.15) is 53.5 Å². The van der Waals surface area contributed by atoms with E-state index in [1.165, 1.54) is 27.8 Å². The van der Waals surface area contributed by atoms with Crippen LogP contribution in [-0.4, -0.2) is 17.4 Å². The van der Waals surface area contributed by atoms with E-state index in [0.717, 1.165) is 32.2 Å². The highest BCUT2D eigenvalue weighted by atomic mass is 16.6. The van der Waals surface area contributed by atoms with Gasteiger partial charge in [0.1, 0.15) is 0 Å². The van der Waals surface area contributed by atoms with Crippen LogP contribution in [0.5, 0.6) is 0 Å². The smallest absolute Gasteiger partial charge is 0.159 e. The Morgan fingerprint density at radius 1 is 1.12 bits per heavy atom. The quantitative estimate of drug-likeness (QED) is 0.874. The van der Waals surface area contributed by atoms with Crippen molar-refractivity contribution in [3.63, 3.8) is 0 Å². The van der Waals surface area contributed by atoms with E-state index in [4.69, 9.17) is 4.74 Å². The molecule has 1 atom stereocenters. The minimum absolute atomic E-state index is 0.299. The standard InChI is InChI=1S/C23H29NO2/c1-16-7-8-19(17(2)13-16)15-24-20-9-11-23(12-10-20)21-6-4-3-5-18(21)14-22(25)26-23/h3-8,13,20,22,24-25H,9-12,14-15H2,1-2H3/t20?,22-,23?/m0/s1. The Labute approximate surface area is 156 Å². The van der Waals surface area contributed by atoms with E-state index >= 15 is 0 Å². The van der Waals surface area contributed by atoms with Crippen molar-refractivity contribution in [2.75, 3.05) is 0 Å². The maximum atomic E-state index is 10.2. The molecule has 1 spiro atoms. The number of hydrogen-bond acceptors (Lipinski definition) is 3. The van der Waals surface area contributed by atoms with E-state index in [-0.39, 0.29) is 5.60 Å². The SMILES string of the molecule is Cc1ccc(CNC2CCC3(CC2)O[C@H](O)Cc2ccccc23)c(C)c1. The molecule has 1 saturated carbocycles. The van der Waals surface area contributed by atoms with E-state index in [1.807, 2.05) is 0 Å². The van der Waals surface area contributed by atoms with E-state index < -0.39 is 6.29 Å².